The van der Waals surface area contributed by atoms with E-state index in [1.54, 1.807) is 12.1 Å². The van der Waals surface area contributed by atoms with Crippen LogP contribution < -0.4 is 14.8 Å². The minimum atomic E-state index is -0.167. The second kappa shape index (κ2) is 9.96. The number of pyridine rings is 1. The topological polar surface area (TPSA) is 80.8 Å². The number of fused-ring (bicyclic) bond motifs is 1. The van der Waals surface area contributed by atoms with E-state index in [2.05, 4.69) is 5.32 Å². The Bertz CT molecular complexity index is 1270. The molecule has 0 radical (unpaired) electrons. The van der Waals surface area contributed by atoms with Gasteiger partial charge in [0.2, 0.25) is 6.79 Å². The van der Waals surface area contributed by atoms with Gasteiger partial charge in [-0.15, -0.1) is 0 Å². The quantitative estimate of drug-likeness (QED) is 0.558. The van der Waals surface area contributed by atoms with Crippen molar-refractivity contribution >= 4 is 23.4 Å². The summed E-state index contributed by atoms with van der Waals surface area (Å²) in [6.45, 7) is 3.68. The minimum Gasteiger partial charge on any atom is -0.454 e. The first-order valence-corrected chi connectivity index (χ1v) is 12.1. The van der Waals surface area contributed by atoms with Crippen molar-refractivity contribution in [2.45, 2.75) is 32.2 Å². The monoisotopic (exact) mass is 491 g/mol. The number of amides is 2. The summed E-state index contributed by atoms with van der Waals surface area (Å²) in [5.41, 5.74) is 3.67. The molecule has 1 aromatic heterocycles. The molecule has 0 bridgehead atoms. The third-order valence-corrected chi connectivity index (χ3v) is 6.80. The van der Waals surface area contributed by atoms with Crippen LogP contribution in [0, 0.1) is 6.92 Å². The molecular formula is C27H26ClN3O4. The van der Waals surface area contributed by atoms with Crippen molar-refractivity contribution in [1.82, 2.24) is 15.2 Å². The molecule has 8 heteroatoms. The number of hydrogen-bond donors (Lipinski definition) is 1. The van der Waals surface area contributed by atoms with E-state index in [9.17, 15) is 9.59 Å². The Morgan fingerprint density at radius 3 is 2.60 bits per heavy atom. The van der Waals surface area contributed by atoms with Crippen molar-refractivity contribution in [1.29, 1.82) is 0 Å². The second-order valence-corrected chi connectivity index (χ2v) is 9.21. The van der Waals surface area contributed by atoms with Crippen molar-refractivity contribution in [3.05, 3.63) is 87.7 Å². The van der Waals surface area contributed by atoms with Crippen molar-refractivity contribution in [2.24, 2.45) is 0 Å². The highest BCUT2D eigenvalue weighted by molar-refractivity contribution is 6.33. The lowest BCUT2D eigenvalue weighted by Crippen LogP contribution is -2.38. The van der Waals surface area contributed by atoms with Crippen molar-refractivity contribution in [3.63, 3.8) is 0 Å². The number of aromatic nitrogens is 1. The maximum Gasteiger partial charge on any atom is 0.255 e. The Balaban J connectivity index is 1.26. The van der Waals surface area contributed by atoms with Crippen molar-refractivity contribution < 1.29 is 19.1 Å². The van der Waals surface area contributed by atoms with Crippen molar-refractivity contribution in [2.75, 3.05) is 19.9 Å². The average Bonchev–Trinajstić information content (AvgIpc) is 3.35. The van der Waals surface area contributed by atoms with Crippen LogP contribution in [0.3, 0.4) is 0 Å². The van der Waals surface area contributed by atoms with Gasteiger partial charge in [-0.25, -0.2) is 0 Å². The zero-order valence-corrected chi connectivity index (χ0v) is 20.2. The highest BCUT2D eigenvalue weighted by Gasteiger charge is 2.29. The fourth-order valence-electron chi connectivity index (χ4n) is 4.57. The summed E-state index contributed by atoms with van der Waals surface area (Å²) in [5.74, 6) is 1.26. The molecular weight excluding hydrogens is 466 g/mol. The van der Waals surface area contributed by atoms with Crippen LogP contribution >= 0.6 is 11.6 Å². The minimum absolute atomic E-state index is 0.0621. The Labute approximate surface area is 209 Å². The third-order valence-electron chi connectivity index (χ3n) is 6.47. The predicted octanol–water partition coefficient (Wildman–Crippen LogP) is 4.72. The van der Waals surface area contributed by atoms with E-state index in [0.717, 1.165) is 29.8 Å². The molecule has 0 atom stereocenters. The number of benzene rings is 2. The van der Waals surface area contributed by atoms with Crippen molar-refractivity contribution in [3.8, 4) is 11.5 Å². The number of likely N-dealkylation sites (tertiary alicyclic amines) is 1. The highest BCUT2D eigenvalue weighted by atomic mass is 35.5. The summed E-state index contributed by atoms with van der Waals surface area (Å²) in [4.78, 5) is 32.6. The van der Waals surface area contributed by atoms with Crippen LogP contribution in [0.25, 0.3) is 0 Å². The maximum absolute atomic E-state index is 13.1. The fourth-order valence-corrected chi connectivity index (χ4v) is 4.79. The number of piperidine rings is 1. The SMILES string of the molecule is Cc1ccc(C(=O)NCc2ccc3c(c2)OCO3)c(C2CCN(C(=O)c3ccccc3Cl)CC2)n1. The summed E-state index contributed by atoms with van der Waals surface area (Å²) >= 11 is 6.22. The first-order chi connectivity index (χ1) is 17.0. The van der Waals surface area contributed by atoms with Crippen LogP contribution in [0.15, 0.2) is 54.6 Å². The van der Waals surface area contributed by atoms with E-state index in [1.165, 1.54) is 0 Å². The summed E-state index contributed by atoms with van der Waals surface area (Å²) in [6.07, 6.45) is 1.46. The highest BCUT2D eigenvalue weighted by Crippen LogP contribution is 2.33. The Hall–Kier alpha value is -3.58. The van der Waals surface area contributed by atoms with Gasteiger partial charge in [0, 0.05) is 31.2 Å². The molecule has 2 amide bonds. The van der Waals surface area contributed by atoms with Gasteiger partial charge >= 0.3 is 0 Å². The molecule has 3 aromatic rings. The molecule has 35 heavy (non-hydrogen) atoms. The van der Waals surface area contributed by atoms with E-state index >= 15 is 0 Å². The molecule has 1 N–H and O–H groups in total. The van der Waals surface area contributed by atoms with Gasteiger partial charge in [0.25, 0.3) is 11.8 Å². The molecule has 2 aliphatic heterocycles. The van der Waals surface area contributed by atoms with E-state index < -0.39 is 0 Å². The molecule has 2 aromatic carbocycles. The van der Waals surface area contributed by atoms with Crippen LogP contribution in [0.5, 0.6) is 11.5 Å². The van der Waals surface area contributed by atoms with Crippen LogP contribution in [0.2, 0.25) is 5.02 Å². The molecule has 1 fully saturated rings. The molecule has 2 aliphatic rings. The number of carbonyl (C=O) groups is 2. The maximum atomic E-state index is 13.1. The summed E-state index contributed by atoms with van der Waals surface area (Å²) in [6, 6.07) is 16.4. The van der Waals surface area contributed by atoms with E-state index in [1.807, 2.05) is 54.3 Å². The van der Waals surface area contributed by atoms with E-state index in [0.29, 0.717) is 47.3 Å². The molecule has 180 valence electrons. The number of nitrogens with zero attached hydrogens (tertiary/aromatic N) is 2. The Kier molecular flexibility index (Phi) is 6.59. The number of carbonyl (C=O) groups excluding carboxylic acids is 2. The predicted molar refractivity (Wildman–Crippen MR) is 132 cm³/mol. The lowest BCUT2D eigenvalue weighted by Gasteiger charge is -2.32. The first-order valence-electron chi connectivity index (χ1n) is 11.7. The number of aryl methyl sites for hydroxylation is 1. The largest absolute Gasteiger partial charge is 0.454 e. The number of rotatable bonds is 5. The summed E-state index contributed by atoms with van der Waals surface area (Å²) in [7, 11) is 0. The lowest BCUT2D eigenvalue weighted by atomic mass is 9.89. The smallest absolute Gasteiger partial charge is 0.255 e. The lowest BCUT2D eigenvalue weighted by molar-refractivity contribution is 0.0710. The number of hydrogen-bond acceptors (Lipinski definition) is 5. The fraction of sp³-hybridized carbons (Fsp3) is 0.296. The summed E-state index contributed by atoms with van der Waals surface area (Å²) < 4.78 is 10.8. The van der Waals surface area contributed by atoms with Gasteiger partial charge in [-0.1, -0.05) is 29.8 Å². The Morgan fingerprint density at radius 2 is 1.80 bits per heavy atom. The number of nitrogens with one attached hydrogen (secondary N) is 1. The zero-order chi connectivity index (χ0) is 24.4. The molecule has 0 unspecified atom stereocenters. The molecule has 5 rings (SSSR count). The van der Waals surface area contributed by atoms with Crippen LogP contribution in [-0.2, 0) is 6.54 Å². The van der Waals surface area contributed by atoms with Gasteiger partial charge in [0.15, 0.2) is 11.5 Å². The van der Waals surface area contributed by atoms with E-state index in [4.69, 9.17) is 26.1 Å². The van der Waals surface area contributed by atoms with Crippen LogP contribution in [0.4, 0.5) is 0 Å². The van der Waals surface area contributed by atoms with Gasteiger partial charge in [0.05, 0.1) is 21.8 Å². The van der Waals surface area contributed by atoms with Crippen LogP contribution in [-0.4, -0.2) is 41.6 Å². The summed E-state index contributed by atoms with van der Waals surface area (Å²) in [5, 5.41) is 3.47. The normalized spacial score (nSPS) is 15.2. The first kappa shape index (κ1) is 23.2. The number of halogens is 1. The van der Waals surface area contributed by atoms with Gasteiger partial charge in [-0.3, -0.25) is 14.6 Å². The molecule has 0 spiro atoms. The van der Waals surface area contributed by atoms with Gasteiger partial charge < -0.3 is 19.7 Å². The molecule has 7 nitrogen and oxygen atoms in total. The molecule has 0 aliphatic carbocycles. The third kappa shape index (κ3) is 4.95. The Morgan fingerprint density at radius 1 is 1.03 bits per heavy atom. The molecule has 3 heterocycles. The van der Waals surface area contributed by atoms with E-state index in [-0.39, 0.29) is 24.5 Å². The number of ether oxygens (including phenoxy) is 2. The van der Waals surface area contributed by atoms with Gasteiger partial charge in [0.1, 0.15) is 0 Å². The second-order valence-electron chi connectivity index (χ2n) is 8.80. The zero-order valence-electron chi connectivity index (χ0n) is 19.4. The average molecular weight is 492 g/mol. The standard InChI is InChI=1S/C27H26ClN3O4/c1-17-6-8-21(26(32)29-15-18-7-9-23-24(14-18)35-16-34-23)25(30-17)19-10-12-31(13-11-19)27(33)20-4-2-3-5-22(20)28/h2-9,14,19H,10-13,15-16H2,1H3,(H,29,32). The molecule has 0 saturated carbocycles. The molecule has 1 saturated heterocycles. The van der Waals surface area contributed by atoms with Crippen LogP contribution in [0.1, 0.15) is 56.4 Å². The van der Waals surface area contributed by atoms with Gasteiger partial charge in [-0.2, -0.15) is 0 Å². The van der Waals surface area contributed by atoms with Gasteiger partial charge in [-0.05, 0) is 61.7 Å².